The number of benzene rings is 2. The number of carbonyl (C=O) groups is 2. The molecule has 1 unspecified atom stereocenters. The van der Waals surface area contributed by atoms with Gasteiger partial charge in [-0.25, -0.2) is 4.98 Å². The summed E-state index contributed by atoms with van der Waals surface area (Å²) in [6, 6.07) is 16.1. The minimum atomic E-state index is -0.592. The van der Waals surface area contributed by atoms with Gasteiger partial charge in [0, 0.05) is 42.4 Å². The second-order valence-corrected chi connectivity index (χ2v) is 9.12. The molecule has 4 rings (SSSR count). The third-order valence-electron chi connectivity index (χ3n) is 6.01. The Balaban J connectivity index is 1.59. The number of hydrogen-bond donors (Lipinski definition) is 2. The zero-order valence-electron chi connectivity index (χ0n) is 19.8. The molecule has 0 radical (unpaired) electrons. The maximum atomic E-state index is 13.4. The number of hydrogen-bond acceptors (Lipinski definition) is 4. The van der Waals surface area contributed by atoms with Crippen LogP contribution in [0.1, 0.15) is 44.0 Å². The average molecular weight is 459 g/mol. The van der Waals surface area contributed by atoms with E-state index in [-0.39, 0.29) is 23.3 Å². The van der Waals surface area contributed by atoms with E-state index in [9.17, 15) is 14.4 Å². The summed E-state index contributed by atoms with van der Waals surface area (Å²) in [6.07, 6.45) is 1.52. The lowest BCUT2D eigenvalue weighted by Crippen LogP contribution is -2.50. The fourth-order valence-corrected chi connectivity index (χ4v) is 4.28. The van der Waals surface area contributed by atoms with Gasteiger partial charge in [0.1, 0.15) is 11.9 Å². The van der Waals surface area contributed by atoms with Crippen LogP contribution in [-0.4, -0.2) is 32.7 Å². The summed E-state index contributed by atoms with van der Waals surface area (Å²) < 4.78 is 0. The van der Waals surface area contributed by atoms with Crippen LogP contribution in [-0.2, 0) is 29.0 Å². The third kappa shape index (κ3) is 5.25. The molecule has 0 saturated heterocycles. The first-order valence-corrected chi connectivity index (χ1v) is 11.7. The molecule has 0 saturated carbocycles. The van der Waals surface area contributed by atoms with E-state index in [0.29, 0.717) is 48.6 Å². The van der Waals surface area contributed by atoms with Crippen molar-refractivity contribution < 1.29 is 9.59 Å². The highest BCUT2D eigenvalue weighted by atomic mass is 16.2. The van der Waals surface area contributed by atoms with Crippen LogP contribution < -0.4 is 10.9 Å². The minimum Gasteiger partial charge on any atom is -0.326 e. The highest BCUT2D eigenvalue weighted by molar-refractivity contribution is 5.98. The Bertz CT molecular complexity index is 1260. The fraction of sp³-hybridized carbons (Fsp3) is 0.333. The van der Waals surface area contributed by atoms with Crippen molar-refractivity contribution in [1.82, 2.24) is 14.9 Å². The highest BCUT2D eigenvalue weighted by Crippen LogP contribution is 2.26. The number of nitrogens with one attached hydrogen (secondary N) is 2. The van der Waals surface area contributed by atoms with Gasteiger partial charge in [0.05, 0.1) is 0 Å². The molecular formula is C27H30N4O3. The van der Waals surface area contributed by atoms with E-state index in [1.165, 1.54) is 6.07 Å². The Hall–Kier alpha value is -3.74. The zero-order chi connectivity index (χ0) is 24.2. The van der Waals surface area contributed by atoms with Gasteiger partial charge < -0.3 is 15.2 Å². The standard InChI is InChI=1S/C27H30N4O3/c1-4-21-15-24(32)30-26(28-21)19-10-7-11-22(13-19)29-27(34)23-14-18-8-5-6-9-20(18)16-31(23)25(33)12-17(2)3/h5-11,13,15,17,23H,4,12,14,16H2,1-3H3,(H,29,34)(H,28,30,32). The van der Waals surface area contributed by atoms with Crippen molar-refractivity contribution in [2.24, 2.45) is 5.92 Å². The lowest BCUT2D eigenvalue weighted by Gasteiger charge is -2.36. The van der Waals surface area contributed by atoms with Crippen LogP contribution in [0.2, 0.25) is 0 Å². The molecule has 2 aromatic carbocycles. The topological polar surface area (TPSA) is 95.2 Å². The quantitative estimate of drug-likeness (QED) is 0.585. The molecule has 7 heteroatoms. The van der Waals surface area contributed by atoms with Gasteiger partial charge >= 0.3 is 0 Å². The second kappa shape index (κ2) is 10.0. The van der Waals surface area contributed by atoms with Gasteiger partial charge in [-0.2, -0.15) is 0 Å². The number of H-pyrrole nitrogens is 1. The summed E-state index contributed by atoms with van der Waals surface area (Å²) >= 11 is 0. The molecule has 7 nitrogen and oxygen atoms in total. The molecule has 0 aliphatic carbocycles. The van der Waals surface area contributed by atoms with Gasteiger partial charge in [-0.05, 0) is 35.6 Å². The molecule has 1 atom stereocenters. The summed E-state index contributed by atoms with van der Waals surface area (Å²) in [4.78, 5) is 47.4. The number of rotatable bonds is 6. The zero-order valence-corrected chi connectivity index (χ0v) is 19.8. The van der Waals surface area contributed by atoms with E-state index >= 15 is 0 Å². The molecule has 3 aromatic rings. The Morgan fingerprint density at radius 1 is 1.12 bits per heavy atom. The maximum Gasteiger partial charge on any atom is 0.251 e. The monoisotopic (exact) mass is 458 g/mol. The van der Waals surface area contributed by atoms with Crippen molar-refractivity contribution in [2.45, 2.75) is 52.6 Å². The lowest BCUT2D eigenvalue weighted by atomic mass is 9.92. The third-order valence-corrected chi connectivity index (χ3v) is 6.01. The van der Waals surface area contributed by atoms with E-state index in [2.05, 4.69) is 15.3 Å². The second-order valence-electron chi connectivity index (χ2n) is 9.12. The summed E-state index contributed by atoms with van der Waals surface area (Å²) in [6.45, 7) is 6.37. The molecule has 0 spiro atoms. The highest BCUT2D eigenvalue weighted by Gasteiger charge is 2.34. The van der Waals surface area contributed by atoms with Crippen molar-refractivity contribution >= 4 is 17.5 Å². The Morgan fingerprint density at radius 2 is 1.88 bits per heavy atom. The van der Waals surface area contributed by atoms with Crippen LogP contribution in [0, 0.1) is 5.92 Å². The van der Waals surface area contributed by atoms with E-state index in [4.69, 9.17) is 0 Å². The first-order valence-electron chi connectivity index (χ1n) is 11.7. The van der Waals surface area contributed by atoms with Gasteiger partial charge in [0.15, 0.2) is 0 Å². The van der Waals surface area contributed by atoms with Crippen molar-refractivity contribution in [1.29, 1.82) is 0 Å². The van der Waals surface area contributed by atoms with E-state index in [1.54, 1.807) is 23.1 Å². The number of anilines is 1. The average Bonchev–Trinajstić information content (AvgIpc) is 2.82. The molecule has 1 aliphatic heterocycles. The largest absolute Gasteiger partial charge is 0.326 e. The molecule has 0 fully saturated rings. The number of aromatic nitrogens is 2. The summed E-state index contributed by atoms with van der Waals surface area (Å²) in [5, 5.41) is 2.98. The minimum absolute atomic E-state index is 0.0171. The molecule has 34 heavy (non-hydrogen) atoms. The van der Waals surface area contributed by atoms with E-state index in [0.717, 1.165) is 11.1 Å². The van der Waals surface area contributed by atoms with Crippen LogP contribution in [0.5, 0.6) is 0 Å². The van der Waals surface area contributed by atoms with E-state index in [1.807, 2.05) is 51.1 Å². The number of nitrogens with zero attached hydrogens (tertiary/aromatic N) is 2. The molecule has 176 valence electrons. The van der Waals surface area contributed by atoms with E-state index < -0.39 is 6.04 Å². The van der Waals surface area contributed by atoms with Crippen LogP contribution in [0.15, 0.2) is 59.4 Å². The number of aromatic amines is 1. The molecule has 0 bridgehead atoms. The van der Waals surface area contributed by atoms with Gasteiger partial charge in [0.25, 0.3) is 5.56 Å². The summed E-state index contributed by atoms with van der Waals surface area (Å²) in [7, 11) is 0. The lowest BCUT2D eigenvalue weighted by molar-refractivity contribution is -0.140. The molecule has 1 aromatic heterocycles. The number of amides is 2. The predicted octanol–water partition coefficient (Wildman–Crippen LogP) is 3.94. The maximum absolute atomic E-state index is 13.4. The molecule has 2 amide bonds. The van der Waals surface area contributed by atoms with Gasteiger partial charge in [-0.1, -0.05) is 57.2 Å². The molecule has 2 N–H and O–H groups in total. The summed E-state index contributed by atoms with van der Waals surface area (Å²) in [5.41, 5.74) is 3.94. The number of fused-ring (bicyclic) bond motifs is 1. The van der Waals surface area contributed by atoms with Crippen LogP contribution in [0.25, 0.3) is 11.4 Å². The molecular weight excluding hydrogens is 428 g/mol. The van der Waals surface area contributed by atoms with Crippen LogP contribution in [0.4, 0.5) is 5.69 Å². The van der Waals surface area contributed by atoms with Crippen LogP contribution in [0.3, 0.4) is 0 Å². The smallest absolute Gasteiger partial charge is 0.251 e. The predicted molar refractivity (Wildman–Crippen MR) is 132 cm³/mol. The van der Waals surface area contributed by atoms with Crippen molar-refractivity contribution in [2.75, 3.05) is 5.32 Å². The normalized spacial score (nSPS) is 15.2. The number of aryl methyl sites for hydroxylation is 1. The van der Waals surface area contributed by atoms with Crippen molar-refractivity contribution in [3.05, 3.63) is 81.8 Å². The fourth-order valence-electron chi connectivity index (χ4n) is 4.28. The van der Waals surface area contributed by atoms with Crippen molar-refractivity contribution in [3.63, 3.8) is 0 Å². The Labute approximate surface area is 199 Å². The SMILES string of the molecule is CCc1cc(=O)[nH]c(-c2cccc(NC(=O)C3Cc4ccccc4CN3C(=O)CC(C)C)c2)n1. The number of carbonyl (C=O) groups excluding carboxylic acids is 2. The first-order chi connectivity index (χ1) is 16.3. The molecule has 2 heterocycles. The van der Waals surface area contributed by atoms with Gasteiger partial charge in [-0.3, -0.25) is 14.4 Å². The van der Waals surface area contributed by atoms with Crippen molar-refractivity contribution in [3.8, 4) is 11.4 Å². The van der Waals surface area contributed by atoms with Gasteiger partial charge in [-0.15, -0.1) is 0 Å². The Morgan fingerprint density at radius 3 is 2.62 bits per heavy atom. The van der Waals surface area contributed by atoms with Crippen LogP contribution >= 0.6 is 0 Å². The Kier molecular flexibility index (Phi) is 6.91. The van der Waals surface area contributed by atoms with Gasteiger partial charge in [0.2, 0.25) is 11.8 Å². The summed E-state index contributed by atoms with van der Waals surface area (Å²) in [5.74, 6) is 0.420. The first kappa shape index (κ1) is 23.4. The molecule has 1 aliphatic rings.